The Balaban J connectivity index is 1.37. The second kappa shape index (κ2) is 10.5. The van der Waals surface area contributed by atoms with Gasteiger partial charge in [0.05, 0.1) is 10.6 Å². The first kappa shape index (κ1) is 24.7. The van der Waals surface area contributed by atoms with Gasteiger partial charge in [0.2, 0.25) is 5.78 Å². The van der Waals surface area contributed by atoms with Crippen molar-refractivity contribution in [3.8, 4) is 0 Å². The number of carbonyl (C=O) groups is 2. The van der Waals surface area contributed by atoms with Crippen LogP contribution < -0.4 is 0 Å². The van der Waals surface area contributed by atoms with Crippen molar-refractivity contribution in [1.29, 1.82) is 0 Å². The quantitative estimate of drug-likeness (QED) is 0.170. The molecule has 0 bridgehead atoms. The summed E-state index contributed by atoms with van der Waals surface area (Å²) in [7, 11) is 5.24. The van der Waals surface area contributed by atoms with Crippen molar-refractivity contribution in [3.63, 3.8) is 0 Å². The number of nitrogens with zero attached hydrogens (tertiary/aromatic N) is 3. The van der Waals surface area contributed by atoms with Gasteiger partial charge in [-0.25, -0.2) is 9.97 Å². The van der Waals surface area contributed by atoms with Crippen molar-refractivity contribution < 1.29 is 9.59 Å². The van der Waals surface area contributed by atoms with E-state index in [1.54, 1.807) is 32.4 Å². The normalized spacial score (nSPS) is 11.8. The van der Waals surface area contributed by atoms with Gasteiger partial charge in [-0.2, -0.15) is 0 Å². The molecule has 0 radical (unpaired) electrons. The van der Waals surface area contributed by atoms with Crippen LogP contribution in [0.3, 0.4) is 0 Å². The molecule has 8 heteroatoms. The Kier molecular flexibility index (Phi) is 7.60. The van der Waals surface area contributed by atoms with Gasteiger partial charge in [0.15, 0.2) is 11.6 Å². The predicted octanol–water partition coefficient (Wildman–Crippen LogP) is 6.95. The summed E-state index contributed by atoms with van der Waals surface area (Å²) in [5.74, 6) is 0.629. The van der Waals surface area contributed by atoms with E-state index in [0.717, 1.165) is 37.7 Å². The van der Waals surface area contributed by atoms with Crippen LogP contribution in [0.15, 0.2) is 59.9 Å². The Morgan fingerprint density at radius 3 is 2.65 bits per heavy atom. The van der Waals surface area contributed by atoms with E-state index in [0.29, 0.717) is 18.7 Å². The SMILES string of the molecule is Cc1cn(C)c(C(=O)Cc2ccc3sc(C(=O)CCC(C)(C)SSc4ccccn4)cc3c2)n1. The molecule has 5 nitrogen and oxygen atoms in total. The maximum absolute atomic E-state index is 12.9. The highest BCUT2D eigenvalue weighted by molar-refractivity contribution is 8.77. The van der Waals surface area contributed by atoms with Crippen LogP contribution in [0.4, 0.5) is 0 Å². The molecule has 3 heterocycles. The molecular formula is C26H27N3O2S3. The Bertz CT molecular complexity index is 1330. The lowest BCUT2D eigenvalue weighted by Crippen LogP contribution is -2.15. The lowest BCUT2D eigenvalue weighted by atomic mass is 10.0. The molecule has 0 amide bonds. The minimum atomic E-state index is -0.0502. The van der Waals surface area contributed by atoms with E-state index in [9.17, 15) is 9.59 Å². The molecule has 0 aliphatic carbocycles. The summed E-state index contributed by atoms with van der Waals surface area (Å²) in [4.78, 5) is 35.1. The topological polar surface area (TPSA) is 64.8 Å². The third-order valence-corrected chi connectivity index (χ3v) is 9.83. The van der Waals surface area contributed by atoms with E-state index in [2.05, 4.69) is 23.8 Å². The Hall–Kier alpha value is -2.42. The first-order valence-electron chi connectivity index (χ1n) is 11.1. The van der Waals surface area contributed by atoms with E-state index in [1.807, 2.05) is 62.6 Å². The first-order valence-corrected chi connectivity index (χ1v) is 14.0. The number of rotatable bonds is 10. The molecule has 176 valence electrons. The summed E-state index contributed by atoms with van der Waals surface area (Å²) >= 11 is 1.52. The maximum atomic E-state index is 12.9. The van der Waals surface area contributed by atoms with Gasteiger partial charge in [0, 0.05) is 41.7 Å². The smallest absolute Gasteiger partial charge is 0.202 e. The lowest BCUT2D eigenvalue weighted by molar-refractivity contribution is 0.0972. The number of thiophene rings is 1. The molecule has 34 heavy (non-hydrogen) atoms. The van der Waals surface area contributed by atoms with E-state index in [1.165, 1.54) is 11.3 Å². The second-order valence-electron chi connectivity index (χ2n) is 8.92. The van der Waals surface area contributed by atoms with E-state index < -0.39 is 0 Å². The van der Waals surface area contributed by atoms with Gasteiger partial charge in [-0.3, -0.25) is 9.59 Å². The number of aromatic nitrogens is 3. The molecule has 0 aliphatic heterocycles. The number of pyridine rings is 1. The zero-order valence-electron chi connectivity index (χ0n) is 19.7. The Morgan fingerprint density at radius 1 is 1.12 bits per heavy atom. The predicted molar refractivity (Wildman–Crippen MR) is 143 cm³/mol. The van der Waals surface area contributed by atoms with Crippen molar-refractivity contribution >= 4 is 54.6 Å². The molecule has 0 N–H and O–H groups in total. The van der Waals surface area contributed by atoms with Gasteiger partial charge in [0.1, 0.15) is 5.03 Å². The highest BCUT2D eigenvalue weighted by atomic mass is 33.1. The maximum Gasteiger partial charge on any atom is 0.202 e. The van der Waals surface area contributed by atoms with Crippen molar-refractivity contribution in [2.75, 3.05) is 0 Å². The van der Waals surface area contributed by atoms with E-state index in [-0.39, 0.29) is 16.3 Å². The molecule has 0 fully saturated rings. The van der Waals surface area contributed by atoms with Crippen molar-refractivity contribution in [2.24, 2.45) is 7.05 Å². The molecule has 0 spiro atoms. The molecule has 3 aromatic heterocycles. The standard InChI is InChI=1S/C26H27N3O2S3/c1-17-16-29(4)25(28-17)21(31)14-18-8-9-22-19(13-18)15-23(32-22)20(30)10-11-26(2,3)34-33-24-7-5-6-12-27-24/h5-9,12-13,15-16H,10-11,14H2,1-4H3. The zero-order chi connectivity index (χ0) is 24.3. The number of fused-ring (bicyclic) bond motifs is 1. The molecule has 1 aromatic carbocycles. The van der Waals surface area contributed by atoms with Crippen LogP contribution in [0.5, 0.6) is 0 Å². The summed E-state index contributed by atoms with van der Waals surface area (Å²) in [6.07, 6.45) is 5.22. The van der Waals surface area contributed by atoms with Crippen LogP contribution in [0.1, 0.15) is 58.2 Å². The van der Waals surface area contributed by atoms with Crippen LogP contribution in [0, 0.1) is 6.92 Å². The number of ketones is 2. The fraction of sp³-hybridized carbons (Fsp3) is 0.308. The van der Waals surface area contributed by atoms with E-state index in [4.69, 9.17) is 0 Å². The number of hydrogen-bond donors (Lipinski definition) is 0. The fourth-order valence-corrected chi connectivity index (χ4v) is 6.83. The average molecular weight is 510 g/mol. The minimum absolute atomic E-state index is 0.00946. The van der Waals surface area contributed by atoms with Crippen LogP contribution in [-0.2, 0) is 13.5 Å². The highest BCUT2D eigenvalue weighted by Gasteiger charge is 2.22. The number of aryl methyl sites for hydroxylation is 2. The van der Waals surface area contributed by atoms with E-state index >= 15 is 0 Å². The summed E-state index contributed by atoms with van der Waals surface area (Å²) in [5.41, 5.74) is 1.76. The van der Waals surface area contributed by atoms with Crippen LogP contribution >= 0.6 is 32.9 Å². The largest absolute Gasteiger partial charge is 0.331 e. The van der Waals surface area contributed by atoms with Gasteiger partial charge in [-0.05, 0) is 79.3 Å². The van der Waals surface area contributed by atoms with Gasteiger partial charge in [0.25, 0.3) is 0 Å². The molecular weight excluding hydrogens is 483 g/mol. The van der Waals surface area contributed by atoms with Gasteiger partial charge in [-0.15, -0.1) is 11.3 Å². The van der Waals surface area contributed by atoms with Crippen molar-refractivity contribution in [2.45, 2.75) is 49.8 Å². The number of Topliss-reactive ketones (excluding diaryl/α,β-unsaturated/α-hetero) is 2. The minimum Gasteiger partial charge on any atom is -0.331 e. The number of benzene rings is 1. The third-order valence-electron chi connectivity index (χ3n) is 5.41. The lowest BCUT2D eigenvalue weighted by Gasteiger charge is -2.22. The summed E-state index contributed by atoms with van der Waals surface area (Å²) < 4.78 is 2.78. The van der Waals surface area contributed by atoms with Gasteiger partial charge < -0.3 is 4.57 Å². The summed E-state index contributed by atoms with van der Waals surface area (Å²) in [6.45, 7) is 6.21. The number of imidazole rings is 1. The summed E-state index contributed by atoms with van der Waals surface area (Å²) in [5, 5.41) is 1.98. The molecule has 4 rings (SSSR count). The van der Waals surface area contributed by atoms with Crippen LogP contribution in [0.2, 0.25) is 0 Å². The van der Waals surface area contributed by atoms with Gasteiger partial charge >= 0.3 is 0 Å². The molecule has 0 saturated heterocycles. The van der Waals surface area contributed by atoms with Gasteiger partial charge in [-0.1, -0.05) is 22.9 Å². The number of hydrogen-bond acceptors (Lipinski definition) is 7. The Labute approximate surface area is 211 Å². The molecule has 0 aliphatic rings. The second-order valence-corrected chi connectivity index (χ2v) is 12.9. The van der Waals surface area contributed by atoms with Crippen molar-refractivity contribution in [1.82, 2.24) is 14.5 Å². The summed E-state index contributed by atoms with van der Waals surface area (Å²) in [6, 6.07) is 13.8. The van der Waals surface area contributed by atoms with Crippen LogP contribution in [-0.4, -0.2) is 30.8 Å². The molecule has 0 saturated carbocycles. The fourth-order valence-electron chi connectivity index (χ4n) is 3.61. The molecule has 4 aromatic rings. The zero-order valence-corrected chi connectivity index (χ0v) is 22.1. The molecule has 0 unspecified atom stereocenters. The Morgan fingerprint density at radius 2 is 1.94 bits per heavy atom. The third kappa shape index (κ3) is 6.17. The first-order chi connectivity index (χ1) is 16.2. The van der Waals surface area contributed by atoms with Crippen LogP contribution in [0.25, 0.3) is 10.1 Å². The van der Waals surface area contributed by atoms with Crippen molar-refractivity contribution in [3.05, 3.63) is 76.8 Å². The molecule has 0 atom stereocenters. The monoisotopic (exact) mass is 509 g/mol. The highest BCUT2D eigenvalue weighted by Crippen LogP contribution is 2.42. The number of carbonyl (C=O) groups excluding carboxylic acids is 2. The average Bonchev–Trinajstić information content (AvgIpc) is 3.39.